The Balaban J connectivity index is 1.41. The summed E-state index contributed by atoms with van der Waals surface area (Å²) in [6.07, 6.45) is 4.32. The molecular formula is C21H26N2O4S. The van der Waals surface area contributed by atoms with Gasteiger partial charge in [-0.2, -0.15) is 0 Å². The molecule has 0 spiro atoms. The molecule has 150 valence electrons. The van der Waals surface area contributed by atoms with Gasteiger partial charge < -0.3 is 20.5 Å². The molecule has 0 radical (unpaired) electrons. The fourth-order valence-electron chi connectivity index (χ4n) is 7.06. The Morgan fingerprint density at radius 1 is 1.21 bits per heavy atom. The van der Waals surface area contributed by atoms with Gasteiger partial charge in [-0.15, -0.1) is 11.3 Å². The number of aliphatic hydroxyl groups is 1. The van der Waals surface area contributed by atoms with E-state index in [4.69, 9.17) is 10.5 Å². The number of amides is 2. The van der Waals surface area contributed by atoms with Crippen LogP contribution in [0.25, 0.3) is 0 Å². The van der Waals surface area contributed by atoms with Crippen molar-refractivity contribution >= 4 is 23.2 Å². The highest BCUT2D eigenvalue weighted by Gasteiger charge is 2.65. The number of hydrogen-bond donors (Lipinski definition) is 2. The first-order valence-corrected chi connectivity index (χ1v) is 11.3. The topological polar surface area (TPSA) is 92.9 Å². The Morgan fingerprint density at radius 3 is 2.54 bits per heavy atom. The number of carbonyl (C=O) groups excluding carboxylic acids is 2. The third-order valence-corrected chi connectivity index (χ3v) is 9.54. The van der Waals surface area contributed by atoms with Gasteiger partial charge in [0.05, 0.1) is 30.3 Å². The Bertz CT molecular complexity index is 858. The summed E-state index contributed by atoms with van der Waals surface area (Å²) in [4.78, 5) is 29.8. The van der Waals surface area contributed by atoms with E-state index < -0.39 is 6.10 Å². The van der Waals surface area contributed by atoms with Gasteiger partial charge in [0, 0.05) is 22.8 Å². The predicted octanol–water partition coefficient (Wildman–Crippen LogP) is 1.64. The molecule has 28 heavy (non-hydrogen) atoms. The molecule has 0 aromatic carbocycles. The lowest BCUT2D eigenvalue weighted by Crippen LogP contribution is -2.53. The maximum absolute atomic E-state index is 13.4. The van der Waals surface area contributed by atoms with E-state index in [0.717, 1.165) is 37.7 Å². The predicted molar refractivity (Wildman–Crippen MR) is 103 cm³/mol. The van der Waals surface area contributed by atoms with E-state index in [0.29, 0.717) is 50.0 Å². The van der Waals surface area contributed by atoms with E-state index in [-0.39, 0.29) is 17.2 Å². The van der Waals surface area contributed by atoms with Crippen LogP contribution in [0.5, 0.6) is 0 Å². The van der Waals surface area contributed by atoms with Crippen LogP contribution >= 0.6 is 11.3 Å². The highest BCUT2D eigenvalue weighted by Crippen LogP contribution is 2.70. The molecule has 1 aromatic heterocycles. The molecule has 1 aromatic rings. The molecule has 2 atom stereocenters. The van der Waals surface area contributed by atoms with Gasteiger partial charge in [0.1, 0.15) is 0 Å². The highest BCUT2D eigenvalue weighted by atomic mass is 32.1. The minimum atomic E-state index is -0.390. The monoisotopic (exact) mass is 402 g/mol. The van der Waals surface area contributed by atoms with E-state index in [9.17, 15) is 14.7 Å². The summed E-state index contributed by atoms with van der Waals surface area (Å²) >= 11 is 1.77. The van der Waals surface area contributed by atoms with Crippen molar-refractivity contribution in [1.82, 2.24) is 4.90 Å². The molecule has 4 bridgehead atoms. The van der Waals surface area contributed by atoms with Gasteiger partial charge in [-0.1, -0.05) is 0 Å². The average Bonchev–Trinajstić information content (AvgIpc) is 3.25. The lowest BCUT2D eigenvalue weighted by molar-refractivity contribution is -0.129. The smallest absolute Gasteiger partial charge is 0.255 e. The van der Waals surface area contributed by atoms with Crippen LogP contribution in [-0.2, 0) is 22.6 Å². The second-order valence-corrected chi connectivity index (χ2v) is 10.7. The van der Waals surface area contributed by atoms with Gasteiger partial charge in [0.25, 0.3) is 5.91 Å². The maximum atomic E-state index is 13.4. The number of nitrogens with zero attached hydrogens (tertiary/aromatic N) is 1. The lowest BCUT2D eigenvalue weighted by atomic mass is 9.67. The first-order valence-electron chi connectivity index (χ1n) is 10.5. The third-order valence-electron chi connectivity index (χ3n) is 8.23. The molecule has 4 aliphatic carbocycles. The van der Waals surface area contributed by atoms with Gasteiger partial charge in [0.2, 0.25) is 5.91 Å². The zero-order valence-electron chi connectivity index (χ0n) is 15.9. The van der Waals surface area contributed by atoms with Crippen LogP contribution < -0.4 is 5.73 Å². The Hall–Kier alpha value is -1.44. The van der Waals surface area contributed by atoms with Crippen LogP contribution in [0.3, 0.4) is 0 Å². The molecule has 6 aliphatic rings. The largest absolute Gasteiger partial charge is 0.389 e. The minimum absolute atomic E-state index is 0.0836. The summed E-state index contributed by atoms with van der Waals surface area (Å²) in [5, 5.41) is 9.68. The standard InChI is InChI=1S/C21H26N2O4S/c22-20(26)21-5-10-3-12(21)4-11(6-21)16(10)18-17(19(25)23-7-13(24)8-23)14-1-2-27-9-15(14)28-18/h10-13,16,24H,1-9H2,(H2,22,26). The normalized spacial score (nSPS) is 38.5. The number of rotatable bonds is 3. The molecule has 4 saturated carbocycles. The second kappa shape index (κ2) is 5.80. The van der Waals surface area contributed by atoms with Gasteiger partial charge in [-0.05, 0) is 61.3 Å². The average molecular weight is 403 g/mol. The van der Waals surface area contributed by atoms with Crippen LogP contribution in [0.4, 0.5) is 0 Å². The summed E-state index contributed by atoms with van der Waals surface area (Å²) in [6, 6.07) is 0. The van der Waals surface area contributed by atoms with Crippen LogP contribution in [0, 0.1) is 23.2 Å². The number of β-amino-alcohol motifs (C(OH)–C–C–N with tert-alkyl or cyclic N) is 1. The van der Waals surface area contributed by atoms with Gasteiger partial charge in [-0.3, -0.25) is 9.59 Å². The second-order valence-electron chi connectivity index (χ2n) is 9.55. The van der Waals surface area contributed by atoms with E-state index in [1.54, 1.807) is 16.2 Å². The maximum Gasteiger partial charge on any atom is 0.255 e. The molecule has 2 unspecified atom stereocenters. The van der Waals surface area contributed by atoms with Crippen LogP contribution in [0.1, 0.15) is 57.3 Å². The van der Waals surface area contributed by atoms with Crippen LogP contribution in [-0.4, -0.2) is 47.6 Å². The summed E-state index contributed by atoms with van der Waals surface area (Å²) < 4.78 is 5.68. The Labute approximate surface area is 168 Å². The summed E-state index contributed by atoms with van der Waals surface area (Å²) in [5.41, 5.74) is 7.64. The van der Waals surface area contributed by atoms with E-state index in [1.807, 2.05) is 0 Å². The molecule has 7 heteroatoms. The molecule has 6 nitrogen and oxygen atoms in total. The lowest BCUT2D eigenvalue weighted by Gasteiger charge is -2.39. The zero-order valence-corrected chi connectivity index (χ0v) is 16.7. The summed E-state index contributed by atoms with van der Waals surface area (Å²) in [5.74, 6) is 1.70. The number of carbonyl (C=O) groups is 2. The number of thiophene rings is 1. The number of nitrogens with two attached hydrogens (primary N) is 1. The van der Waals surface area contributed by atoms with Gasteiger partial charge in [0.15, 0.2) is 0 Å². The molecule has 2 aliphatic heterocycles. The van der Waals surface area contributed by atoms with Crippen molar-refractivity contribution in [1.29, 1.82) is 0 Å². The molecule has 2 amide bonds. The van der Waals surface area contributed by atoms with E-state index in [2.05, 4.69) is 0 Å². The molecule has 3 heterocycles. The minimum Gasteiger partial charge on any atom is -0.389 e. The Morgan fingerprint density at radius 2 is 1.93 bits per heavy atom. The van der Waals surface area contributed by atoms with Crippen molar-refractivity contribution in [3.63, 3.8) is 0 Å². The first-order chi connectivity index (χ1) is 13.5. The van der Waals surface area contributed by atoms with E-state index in [1.165, 1.54) is 15.3 Å². The zero-order chi connectivity index (χ0) is 19.2. The third kappa shape index (κ3) is 2.15. The number of likely N-dealkylation sites (tertiary alicyclic amines) is 1. The first kappa shape index (κ1) is 17.4. The summed E-state index contributed by atoms with van der Waals surface area (Å²) in [7, 11) is 0. The fourth-order valence-corrected chi connectivity index (χ4v) is 8.63. The van der Waals surface area contributed by atoms with Crippen molar-refractivity contribution in [2.45, 2.75) is 50.7 Å². The molecular weight excluding hydrogens is 376 g/mol. The SMILES string of the molecule is NC(=O)C12CC3CC1CC(C2)C3c1sc2c(c1C(=O)N1CC(O)C1)CCOC2. The van der Waals surface area contributed by atoms with Crippen LogP contribution in [0.15, 0.2) is 0 Å². The molecule has 3 N–H and O–H groups in total. The van der Waals surface area contributed by atoms with Gasteiger partial charge in [-0.25, -0.2) is 0 Å². The number of aliphatic hydroxyl groups excluding tert-OH is 1. The number of hydrogen-bond acceptors (Lipinski definition) is 5. The number of primary amides is 1. The molecule has 7 rings (SSSR count). The van der Waals surface area contributed by atoms with Crippen LogP contribution in [0.2, 0.25) is 0 Å². The number of fused-ring (bicyclic) bond motifs is 1. The van der Waals surface area contributed by atoms with Crippen molar-refractivity contribution in [3.05, 3.63) is 20.9 Å². The van der Waals surface area contributed by atoms with Gasteiger partial charge >= 0.3 is 0 Å². The van der Waals surface area contributed by atoms with Crippen molar-refractivity contribution in [2.75, 3.05) is 19.7 Å². The Kier molecular flexibility index (Phi) is 3.61. The van der Waals surface area contributed by atoms with Crippen molar-refractivity contribution in [2.24, 2.45) is 28.9 Å². The molecule has 1 saturated heterocycles. The van der Waals surface area contributed by atoms with Crippen molar-refractivity contribution in [3.8, 4) is 0 Å². The van der Waals surface area contributed by atoms with Crippen molar-refractivity contribution < 1.29 is 19.4 Å². The highest BCUT2D eigenvalue weighted by molar-refractivity contribution is 7.12. The van der Waals surface area contributed by atoms with E-state index >= 15 is 0 Å². The number of ether oxygens (including phenoxy) is 1. The fraction of sp³-hybridized carbons (Fsp3) is 0.714. The summed E-state index contributed by atoms with van der Waals surface area (Å²) in [6.45, 7) is 2.13. The molecule has 5 fully saturated rings. The quantitative estimate of drug-likeness (QED) is 0.804.